The maximum atomic E-state index is 12.7. The van der Waals surface area contributed by atoms with Gasteiger partial charge in [0.25, 0.3) is 5.56 Å². The zero-order chi connectivity index (χ0) is 21.0. The lowest BCUT2D eigenvalue weighted by molar-refractivity contribution is -0.153. The fourth-order valence-electron chi connectivity index (χ4n) is 3.76. The van der Waals surface area contributed by atoms with E-state index in [-0.39, 0.29) is 17.5 Å². The first kappa shape index (κ1) is 20.7. The lowest BCUT2D eigenvalue weighted by Crippen LogP contribution is -2.57. The van der Waals surface area contributed by atoms with Gasteiger partial charge in [-0.15, -0.1) is 0 Å². The molecule has 0 bridgehead atoms. The summed E-state index contributed by atoms with van der Waals surface area (Å²) < 4.78 is 4.95. The lowest BCUT2D eigenvalue weighted by Gasteiger charge is -2.37. The fraction of sp³-hybridized carbons (Fsp3) is 0.476. The van der Waals surface area contributed by atoms with E-state index in [2.05, 4.69) is 27.2 Å². The predicted molar refractivity (Wildman–Crippen MR) is 107 cm³/mol. The summed E-state index contributed by atoms with van der Waals surface area (Å²) in [6, 6.07) is 3.55. The van der Waals surface area contributed by atoms with E-state index in [0.29, 0.717) is 35.8 Å². The summed E-state index contributed by atoms with van der Waals surface area (Å²) in [5.74, 6) is 0.0685. The topological polar surface area (TPSA) is 114 Å². The minimum Gasteiger partial charge on any atom is -0.467 e. The molecule has 1 amide bonds. The van der Waals surface area contributed by atoms with Crippen LogP contribution in [0.25, 0.3) is 11.4 Å². The summed E-state index contributed by atoms with van der Waals surface area (Å²) >= 11 is 0. The molecule has 2 aromatic heterocycles. The minimum atomic E-state index is -1.03. The molecule has 2 aromatic rings. The first-order valence-electron chi connectivity index (χ1n) is 9.74. The highest BCUT2D eigenvalue weighted by Gasteiger charge is 2.43. The summed E-state index contributed by atoms with van der Waals surface area (Å²) in [6.07, 6.45) is 5.80. The number of pyridine rings is 1. The summed E-state index contributed by atoms with van der Waals surface area (Å²) in [4.78, 5) is 48.9. The number of carbonyl (C=O) groups is 2. The van der Waals surface area contributed by atoms with Crippen molar-refractivity contribution in [1.29, 1.82) is 0 Å². The number of ether oxygens (including phenoxy) is 1. The van der Waals surface area contributed by atoms with Crippen molar-refractivity contribution in [2.75, 3.05) is 7.11 Å². The second-order valence-electron chi connectivity index (χ2n) is 7.70. The Morgan fingerprint density at radius 1 is 1.34 bits per heavy atom. The number of aromatic nitrogens is 3. The average Bonchev–Trinajstić information content (AvgIpc) is 2.72. The molecule has 0 spiro atoms. The zero-order valence-electron chi connectivity index (χ0n) is 16.9. The summed E-state index contributed by atoms with van der Waals surface area (Å²) in [6.45, 7) is 3.82. The molecule has 154 valence electrons. The van der Waals surface area contributed by atoms with Crippen molar-refractivity contribution in [2.45, 2.75) is 51.5 Å². The van der Waals surface area contributed by atoms with Gasteiger partial charge in [-0.25, -0.2) is 9.78 Å². The number of aryl methyl sites for hydroxylation is 1. The Labute approximate surface area is 169 Å². The van der Waals surface area contributed by atoms with E-state index < -0.39 is 17.4 Å². The maximum absolute atomic E-state index is 12.7. The molecule has 1 aliphatic rings. The van der Waals surface area contributed by atoms with Crippen LogP contribution in [0.5, 0.6) is 0 Å². The Kier molecular flexibility index (Phi) is 6.10. The number of amides is 1. The van der Waals surface area contributed by atoms with Crippen molar-refractivity contribution in [3.8, 4) is 11.4 Å². The third-order valence-electron chi connectivity index (χ3n) is 5.58. The largest absolute Gasteiger partial charge is 0.467 e. The fourth-order valence-corrected chi connectivity index (χ4v) is 3.76. The molecule has 0 atom stereocenters. The molecule has 0 aliphatic heterocycles. The highest BCUT2D eigenvalue weighted by Crippen LogP contribution is 2.33. The predicted octanol–water partition coefficient (Wildman–Crippen LogP) is 1.92. The summed E-state index contributed by atoms with van der Waals surface area (Å²) in [7, 11) is 1.32. The molecule has 0 unspecified atom stereocenters. The Bertz CT molecular complexity index is 947. The zero-order valence-corrected chi connectivity index (χ0v) is 16.9. The van der Waals surface area contributed by atoms with Gasteiger partial charge in [-0.05, 0) is 50.7 Å². The van der Waals surface area contributed by atoms with Gasteiger partial charge in [-0.2, -0.15) is 0 Å². The first-order chi connectivity index (χ1) is 13.8. The molecule has 29 heavy (non-hydrogen) atoms. The highest BCUT2D eigenvalue weighted by atomic mass is 16.5. The van der Waals surface area contributed by atoms with Gasteiger partial charge in [0.05, 0.1) is 13.5 Å². The van der Waals surface area contributed by atoms with Crippen LogP contribution in [0, 0.1) is 12.8 Å². The second kappa shape index (κ2) is 8.55. The quantitative estimate of drug-likeness (QED) is 0.744. The molecular weight excluding hydrogens is 372 g/mol. The number of hydrogen-bond acceptors (Lipinski definition) is 6. The van der Waals surface area contributed by atoms with Crippen molar-refractivity contribution in [3.05, 3.63) is 46.1 Å². The number of rotatable bonds is 5. The molecule has 1 aliphatic carbocycles. The van der Waals surface area contributed by atoms with Crippen molar-refractivity contribution in [2.24, 2.45) is 5.92 Å². The van der Waals surface area contributed by atoms with Crippen LogP contribution in [0.2, 0.25) is 0 Å². The normalized spacial score (nSPS) is 21.4. The van der Waals surface area contributed by atoms with Crippen molar-refractivity contribution in [3.63, 3.8) is 0 Å². The smallest absolute Gasteiger partial charge is 0.331 e. The van der Waals surface area contributed by atoms with E-state index >= 15 is 0 Å². The minimum absolute atomic E-state index is 0.157. The van der Waals surface area contributed by atoms with Crippen LogP contribution in [0.1, 0.15) is 43.9 Å². The number of carbonyl (C=O) groups excluding carboxylic acids is 2. The number of aromatic amines is 1. The molecule has 0 saturated heterocycles. The van der Waals surface area contributed by atoms with E-state index in [0.717, 1.165) is 12.8 Å². The third kappa shape index (κ3) is 4.52. The van der Waals surface area contributed by atoms with Gasteiger partial charge in [0.1, 0.15) is 11.4 Å². The van der Waals surface area contributed by atoms with Gasteiger partial charge in [0.2, 0.25) is 5.91 Å². The Morgan fingerprint density at radius 3 is 2.66 bits per heavy atom. The van der Waals surface area contributed by atoms with Crippen LogP contribution in [-0.2, 0) is 20.7 Å². The van der Waals surface area contributed by atoms with Gasteiger partial charge in [0, 0.05) is 29.2 Å². The number of H-pyrrole nitrogens is 1. The van der Waals surface area contributed by atoms with E-state index in [1.807, 2.05) is 0 Å². The lowest BCUT2D eigenvalue weighted by atomic mass is 9.77. The van der Waals surface area contributed by atoms with Gasteiger partial charge < -0.3 is 15.0 Å². The second-order valence-corrected chi connectivity index (χ2v) is 7.70. The molecule has 0 aromatic carbocycles. The van der Waals surface area contributed by atoms with E-state index in [4.69, 9.17) is 4.74 Å². The van der Waals surface area contributed by atoms with Crippen LogP contribution in [0.3, 0.4) is 0 Å². The summed E-state index contributed by atoms with van der Waals surface area (Å²) in [5, 5.41) is 2.85. The molecule has 8 nitrogen and oxygen atoms in total. The number of hydrogen-bond donors (Lipinski definition) is 2. The van der Waals surface area contributed by atoms with Crippen LogP contribution >= 0.6 is 0 Å². The van der Waals surface area contributed by atoms with Gasteiger partial charge >= 0.3 is 5.97 Å². The van der Waals surface area contributed by atoms with E-state index in [1.54, 1.807) is 31.5 Å². The molecule has 1 saturated carbocycles. The van der Waals surface area contributed by atoms with Crippen LogP contribution in [-0.4, -0.2) is 39.5 Å². The van der Waals surface area contributed by atoms with Crippen LogP contribution < -0.4 is 10.9 Å². The van der Waals surface area contributed by atoms with Crippen LogP contribution in [0.15, 0.2) is 29.3 Å². The van der Waals surface area contributed by atoms with Gasteiger partial charge in [0.15, 0.2) is 0 Å². The Hall–Kier alpha value is -3.03. The summed E-state index contributed by atoms with van der Waals surface area (Å²) in [5.41, 5.74) is 0.0225. The van der Waals surface area contributed by atoms with Crippen molar-refractivity contribution < 1.29 is 14.3 Å². The third-order valence-corrected chi connectivity index (χ3v) is 5.58. The molecule has 1 fully saturated rings. The number of nitrogens with one attached hydrogen (secondary N) is 2. The average molecular weight is 398 g/mol. The monoisotopic (exact) mass is 398 g/mol. The number of esters is 1. The molecule has 3 rings (SSSR count). The molecule has 0 radical (unpaired) electrons. The maximum Gasteiger partial charge on any atom is 0.331 e. The first-order valence-corrected chi connectivity index (χ1v) is 9.74. The number of nitrogens with zero attached hydrogens (tertiary/aromatic N) is 2. The van der Waals surface area contributed by atoms with E-state index in [9.17, 15) is 14.4 Å². The van der Waals surface area contributed by atoms with Gasteiger partial charge in [-0.1, -0.05) is 6.92 Å². The number of methoxy groups -OCH3 is 1. The molecular formula is C21H26N4O4. The van der Waals surface area contributed by atoms with Crippen LogP contribution in [0.4, 0.5) is 0 Å². The van der Waals surface area contributed by atoms with Gasteiger partial charge in [-0.3, -0.25) is 14.6 Å². The molecule has 2 N–H and O–H groups in total. The highest BCUT2D eigenvalue weighted by molar-refractivity contribution is 5.89. The SMILES string of the molecule is COC(=O)C1(NC(=O)Cc2c(C)nc(-c3cccnc3)[nH]c2=O)CCC(C)CC1. The molecule has 8 heteroatoms. The van der Waals surface area contributed by atoms with E-state index in [1.165, 1.54) is 7.11 Å². The van der Waals surface area contributed by atoms with Crippen molar-refractivity contribution in [1.82, 2.24) is 20.3 Å². The Morgan fingerprint density at radius 2 is 2.07 bits per heavy atom. The van der Waals surface area contributed by atoms with Crippen molar-refractivity contribution >= 4 is 11.9 Å². The standard InChI is InChI=1S/C21H26N4O4/c1-13-6-8-21(9-7-13,20(28)29-3)25-17(26)11-16-14(2)23-18(24-19(16)27)15-5-4-10-22-12-15/h4-5,10,12-13H,6-9,11H2,1-3H3,(H,25,26)(H,23,24,27). The Balaban J connectivity index is 1.79. The molecule has 2 heterocycles.